The van der Waals surface area contributed by atoms with E-state index >= 15 is 0 Å². The molecule has 1 aromatic rings. The van der Waals surface area contributed by atoms with Crippen LogP contribution in [0.5, 0.6) is 0 Å². The Hall–Kier alpha value is -0.870. The molecule has 0 aliphatic carbocycles. The maximum absolute atomic E-state index is 11.0. The van der Waals surface area contributed by atoms with E-state index in [0.29, 0.717) is 6.42 Å². The summed E-state index contributed by atoms with van der Waals surface area (Å²) in [7, 11) is 1.37. The summed E-state index contributed by atoms with van der Waals surface area (Å²) in [5.74, 6) is -0.321. The van der Waals surface area contributed by atoms with Crippen LogP contribution in [0.1, 0.15) is 23.3 Å². The van der Waals surface area contributed by atoms with Gasteiger partial charge < -0.3 is 10.5 Å². The van der Waals surface area contributed by atoms with Gasteiger partial charge in [-0.15, -0.1) is 11.3 Å². The summed E-state index contributed by atoms with van der Waals surface area (Å²) < 4.78 is 4.56. The second-order valence-corrected chi connectivity index (χ2v) is 4.55. The number of carbonyl (C=O) groups is 1. The molecule has 84 valence electrons. The number of nitrogens with two attached hydrogens (primary N) is 1. The third kappa shape index (κ3) is 3.64. The fourth-order valence-corrected chi connectivity index (χ4v) is 2.36. The van der Waals surface area contributed by atoms with Crippen molar-refractivity contribution < 1.29 is 9.53 Å². The summed E-state index contributed by atoms with van der Waals surface area (Å²) in [5, 5.41) is 2.09. The molecule has 0 aliphatic heterocycles. The predicted octanol–water partition coefficient (Wildman–Crippen LogP) is 1.88. The molecule has 0 aliphatic rings. The van der Waals surface area contributed by atoms with E-state index in [1.807, 2.05) is 0 Å². The summed E-state index contributed by atoms with van der Waals surface area (Å²) in [6.45, 7) is 2.10. The van der Waals surface area contributed by atoms with Crippen LogP contribution in [0.15, 0.2) is 11.4 Å². The van der Waals surface area contributed by atoms with Crippen molar-refractivity contribution in [3.05, 3.63) is 21.9 Å². The van der Waals surface area contributed by atoms with E-state index in [4.69, 9.17) is 5.73 Å². The van der Waals surface area contributed by atoms with E-state index in [9.17, 15) is 4.79 Å². The lowest BCUT2D eigenvalue weighted by Gasteiger charge is -2.08. The number of aryl methyl sites for hydroxylation is 2. The molecule has 1 aromatic heterocycles. The number of thiophene rings is 1. The number of ether oxygens (including phenoxy) is 1. The van der Waals surface area contributed by atoms with Crippen molar-refractivity contribution in [2.24, 2.45) is 5.73 Å². The Balaban J connectivity index is 2.28. The fraction of sp³-hybridized carbons (Fsp3) is 0.545. The zero-order chi connectivity index (χ0) is 11.3. The monoisotopic (exact) mass is 227 g/mol. The minimum atomic E-state index is -0.477. The Kier molecular flexibility index (Phi) is 4.78. The zero-order valence-electron chi connectivity index (χ0n) is 9.16. The molecule has 0 saturated carbocycles. The van der Waals surface area contributed by atoms with Gasteiger partial charge in [-0.3, -0.25) is 4.79 Å². The number of carbonyl (C=O) groups excluding carboxylic acids is 1. The number of hydrogen-bond donors (Lipinski definition) is 1. The highest BCUT2D eigenvalue weighted by Gasteiger charge is 2.13. The van der Waals surface area contributed by atoms with Gasteiger partial charge in [0.15, 0.2) is 0 Å². The molecule has 1 unspecified atom stereocenters. The van der Waals surface area contributed by atoms with Gasteiger partial charge in [0, 0.05) is 4.88 Å². The molecule has 3 nitrogen and oxygen atoms in total. The average molecular weight is 227 g/mol. The van der Waals surface area contributed by atoms with Crippen LogP contribution in [-0.4, -0.2) is 19.1 Å². The minimum absolute atomic E-state index is 0.321. The average Bonchev–Trinajstić information content (AvgIpc) is 2.63. The molecular weight excluding hydrogens is 210 g/mol. The summed E-state index contributed by atoms with van der Waals surface area (Å²) in [6, 6.07) is 1.63. The van der Waals surface area contributed by atoms with Crippen molar-refractivity contribution in [3.63, 3.8) is 0 Å². The predicted molar refractivity (Wildman–Crippen MR) is 62.0 cm³/mol. The molecule has 2 N–H and O–H groups in total. The highest BCUT2D eigenvalue weighted by molar-refractivity contribution is 7.10. The molecule has 1 heterocycles. The SMILES string of the molecule is COC(=O)C(N)CCCc1sccc1C. The maximum Gasteiger partial charge on any atom is 0.322 e. The van der Waals surface area contributed by atoms with Gasteiger partial charge in [-0.1, -0.05) is 0 Å². The smallest absolute Gasteiger partial charge is 0.322 e. The highest BCUT2D eigenvalue weighted by atomic mass is 32.1. The third-order valence-electron chi connectivity index (χ3n) is 2.39. The molecule has 4 heteroatoms. The Labute approximate surface area is 94.2 Å². The van der Waals surface area contributed by atoms with Crippen LogP contribution in [-0.2, 0) is 16.0 Å². The molecule has 0 aromatic carbocycles. The summed E-state index contributed by atoms with van der Waals surface area (Å²) in [4.78, 5) is 12.4. The quantitative estimate of drug-likeness (QED) is 0.781. The van der Waals surface area contributed by atoms with Crippen molar-refractivity contribution in [1.29, 1.82) is 0 Å². The van der Waals surface area contributed by atoms with E-state index in [0.717, 1.165) is 12.8 Å². The van der Waals surface area contributed by atoms with Crippen molar-refractivity contribution >= 4 is 17.3 Å². The van der Waals surface area contributed by atoms with Crippen LogP contribution < -0.4 is 5.73 Å². The molecule has 0 bridgehead atoms. The molecule has 1 rings (SSSR count). The van der Waals surface area contributed by atoms with Gasteiger partial charge in [0.2, 0.25) is 0 Å². The van der Waals surface area contributed by atoms with Crippen molar-refractivity contribution in [2.45, 2.75) is 32.2 Å². The highest BCUT2D eigenvalue weighted by Crippen LogP contribution is 2.18. The van der Waals surface area contributed by atoms with Crippen molar-refractivity contribution in [1.82, 2.24) is 0 Å². The molecule has 0 fully saturated rings. The Morgan fingerprint density at radius 3 is 2.93 bits per heavy atom. The molecule has 15 heavy (non-hydrogen) atoms. The maximum atomic E-state index is 11.0. The molecule has 0 radical (unpaired) electrons. The van der Waals surface area contributed by atoms with Crippen molar-refractivity contribution in [2.75, 3.05) is 7.11 Å². The van der Waals surface area contributed by atoms with Crippen LogP contribution in [0.4, 0.5) is 0 Å². The van der Waals surface area contributed by atoms with Crippen LogP contribution in [0.3, 0.4) is 0 Å². The Bertz CT molecular complexity index is 322. The zero-order valence-corrected chi connectivity index (χ0v) is 9.97. The van der Waals surface area contributed by atoms with Gasteiger partial charge in [-0.05, 0) is 43.2 Å². The summed E-state index contributed by atoms with van der Waals surface area (Å²) in [5.41, 5.74) is 6.96. The first-order valence-electron chi connectivity index (χ1n) is 5.01. The normalized spacial score (nSPS) is 12.5. The summed E-state index contributed by atoms with van der Waals surface area (Å²) in [6.07, 6.45) is 2.61. The first-order valence-corrected chi connectivity index (χ1v) is 5.89. The van der Waals surface area contributed by atoms with Gasteiger partial charge >= 0.3 is 5.97 Å². The lowest BCUT2D eigenvalue weighted by molar-refractivity contribution is -0.142. The van der Waals surface area contributed by atoms with Crippen LogP contribution in [0.25, 0.3) is 0 Å². The van der Waals surface area contributed by atoms with E-state index in [1.54, 1.807) is 11.3 Å². The number of methoxy groups -OCH3 is 1. The Morgan fingerprint density at radius 1 is 1.67 bits per heavy atom. The fourth-order valence-electron chi connectivity index (χ4n) is 1.41. The topological polar surface area (TPSA) is 52.3 Å². The molecular formula is C11H17NO2S. The first-order chi connectivity index (χ1) is 7.15. The van der Waals surface area contributed by atoms with E-state index in [1.165, 1.54) is 17.6 Å². The van der Waals surface area contributed by atoms with Gasteiger partial charge in [0.05, 0.1) is 7.11 Å². The summed E-state index contributed by atoms with van der Waals surface area (Å²) >= 11 is 1.76. The first kappa shape index (κ1) is 12.2. The van der Waals surface area contributed by atoms with Gasteiger partial charge in [-0.25, -0.2) is 0 Å². The van der Waals surface area contributed by atoms with Gasteiger partial charge in [0.1, 0.15) is 6.04 Å². The van der Waals surface area contributed by atoms with Crippen LogP contribution in [0, 0.1) is 6.92 Å². The van der Waals surface area contributed by atoms with Crippen LogP contribution >= 0.6 is 11.3 Å². The third-order valence-corrected chi connectivity index (χ3v) is 3.47. The number of hydrogen-bond acceptors (Lipinski definition) is 4. The van der Waals surface area contributed by atoms with Crippen LogP contribution in [0.2, 0.25) is 0 Å². The lowest BCUT2D eigenvalue weighted by atomic mass is 10.1. The second kappa shape index (κ2) is 5.88. The lowest BCUT2D eigenvalue weighted by Crippen LogP contribution is -2.31. The second-order valence-electron chi connectivity index (χ2n) is 3.55. The Morgan fingerprint density at radius 2 is 2.40 bits per heavy atom. The largest absolute Gasteiger partial charge is 0.468 e. The molecule has 1 atom stereocenters. The molecule has 0 saturated heterocycles. The standard InChI is InChI=1S/C11H17NO2S/c1-8-6-7-15-10(8)5-3-4-9(12)11(13)14-2/h6-7,9H,3-5,12H2,1-2H3. The van der Waals surface area contributed by atoms with Crippen molar-refractivity contribution in [3.8, 4) is 0 Å². The minimum Gasteiger partial charge on any atom is -0.468 e. The van der Waals surface area contributed by atoms with E-state index in [-0.39, 0.29) is 5.97 Å². The number of esters is 1. The van der Waals surface area contributed by atoms with E-state index in [2.05, 4.69) is 23.1 Å². The number of rotatable bonds is 5. The molecule has 0 amide bonds. The van der Waals surface area contributed by atoms with Gasteiger partial charge in [0.25, 0.3) is 0 Å². The molecule has 0 spiro atoms. The van der Waals surface area contributed by atoms with E-state index < -0.39 is 6.04 Å². The van der Waals surface area contributed by atoms with Gasteiger partial charge in [-0.2, -0.15) is 0 Å².